The van der Waals surface area contributed by atoms with E-state index < -0.39 is 0 Å². The molecule has 3 N–H and O–H groups in total. The van der Waals surface area contributed by atoms with E-state index in [4.69, 9.17) is 15.2 Å². The van der Waals surface area contributed by atoms with E-state index in [1.165, 1.54) is 26.2 Å². The lowest BCUT2D eigenvalue weighted by Crippen LogP contribution is -2.44. The van der Waals surface area contributed by atoms with Gasteiger partial charge in [0, 0.05) is 70.7 Å². The number of hydrogen-bond acceptors (Lipinski definition) is 7. The molecule has 0 radical (unpaired) electrons. The van der Waals surface area contributed by atoms with Crippen LogP contribution in [-0.4, -0.2) is 95.6 Å². The lowest BCUT2D eigenvalue weighted by atomic mass is 10.2. The van der Waals surface area contributed by atoms with Gasteiger partial charge in [-0.15, -0.1) is 0 Å². The highest BCUT2D eigenvalue weighted by atomic mass is 16.5. The van der Waals surface area contributed by atoms with E-state index in [2.05, 4.69) is 27.1 Å². The van der Waals surface area contributed by atoms with Gasteiger partial charge in [-0.2, -0.15) is 0 Å². The summed E-state index contributed by atoms with van der Waals surface area (Å²) in [6, 6.07) is 5.89. The number of ether oxygens (including phenoxy) is 2. The first-order valence-electron chi connectivity index (χ1n) is 10.2. The third kappa shape index (κ3) is 6.53. The third-order valence-corrected chi connectivity index (χ3v) is 5.28. The Hall–Kier alpha value is -1.54. The Bertz CT molecular complexity index is 563. The number of fused-ring (bicyclic) bond motifs is 1. The molecule has 2 aliphatic rings. The van der Waals surface area contributed by atoms with Crippen LogP contribution in [0, 0.1) is 0 Å². The van der Waals surface area contributed by atoms with Gasteiger partial charge in [-0.1, -0.05) is 0 Å². The molecule has 27 heavy (non-hydrogen) atoms. The summed E-state index contributed by atoms with van der Waals surface area (Å²) in [6.45, 7) is 12.0. The Labute approximate surface area is 163 Å². The molecule has 0 spiro atoms. The second-order valence-electron chi connectivity index (χ2n) is 7.42. The molecule has 7 heteroatoms. The molecule has 1 aromatic carbocycles. The van der Waals surface area contributed by atoms with Crippen LogP contribution in [0.5, 0.6) is 5.75 Å². The van der Waals surface area contributed by atoms with E-state index in [0.29, 0.717) is 6.61 Å². The first-order valence-corrected chi connectivity index (χ1v) is 10.2. The fraction of sp³-hybridized carbons (Fsp3) is 0.700. The third-order valence-electron chi connectivity index (χ3n) is 5.28. The lowest BCUT2D eigenvalue weighted by molar-refractivity contribution is 0.107. The van der Waals surface area contributed by atoms with Crippen LogP contribution < -0.4 is 20.7 Å². The molecule has 0 bridgehead atoms. The highest BCUT2D eigenvalue weighted by Gasteiger charge is 2.17. The molecule has 0 unspecified atom stereocenters. The average Bonchev–Trinajstić information content (AvgIpc) is 2.68. The minimum Gasteiger partial charge on any atom is -0.489 e. The number of nitrogen functional groups attached to an aromatic ring is 1. The molecule has 2 aliphatic heterocycles. The van der Waals surface area contributed by atoms with Crippen molar-refractivity contribution in [2.75, 3.05) is 96.4 Å². The Morgan fingerprint density at radius 3 is 2.78 bits per heavy atom. The molecule has 7 nitrogen and oxygen atoms in total. The van der Waals surface area contributed by atoms with Crippen molar-refractivity contribution in [3.8, 4) is 5.75 Å². The number of nitrogens with two attached hydrogens (primary N) is 1. The molecule has 0 aliphatic carbocycles. The maximum atomic E-state index is 5.84. The van der Waals surface area contributed by atoms with Crippen LogP contribution in [0.15, 0.2) is 18.2 Å². The highest BCUT2D eigenvalue weighted by molar-refractivity contribution is 5.65. The van der Waals surface area contributed by atoms with Gasteiger partial charge >= 0.3 is 0 Å². The topological polar surface area (TPSA) is 66.2 Å². The number of piperazine rings is 1. The van der Waals surface area contributed by atoms with E-state index in [-0.39, 0.29) is 0 Å². The average molecular weight is 378 g/mol. The molecule has 0 aromatic heterocycles. The Balaban J connectivity index is 1.20. The molecule has 0 saturated carbocycles. The van der Waals surface area contributed by atoms with Crippen LogP contribution >= 0.6 is 0 Å². The van der Waals surface area contributed by atoms with E-state index in [1.807, 2.05) is 18.2 Å². The predicted octanol–water partition coefficient (Wildman–Crippen LogP) is 0.711. The first kappa shape index (κ1) is 20.2. The van der Waals surface area contributed by atoms with Gasteiger partial charge in [0.15, 0.2) is 0 Å². The summed E-state index contributed by atoms with van der Waals surface area (Å²) in [4.78, 5) is 7.28. The zero-order valence-electron chi connectivity index (χ0n) is 16.7. The maximum absolute atomic E-state index is 5.84. The smallest absolute Gasteiger partial charge is 0.144 e. The number of benzene rings is 1. The number of rotatable bonds is 10. The molecule has 0 atom stereocenters. The van der Waals surface area contributed by atoms with Crippen molar-refractivity contribution < 1.29 is 9.47 Å². The zero-order valence-corrected chi connectivity index (χ0v) is 16.7. The fourth-order valence-corrected chi connectivity index (χ4v) is 3.57. The quantitative estimate of drug-likeness (QED) is 0.460. The number of anilines is 2. The Kier molecular flexibility index (Phi) is 8.01. The van der Waals surface area contributed by atoms with Gasteiger partial charge in [-0.05, 0) is 25.6 Å². The summed E-state index contributed by atoms with van der Waals surface area (Å²) in [5.74, 6) is 0.893. The first-order chi connectivity index (χ1) is 13.2. The van der Waals surface area contributed by atoms with Gasteiger partial charge in [0.25, 0.3) is 0 Å². The second-order valence-corrected chi connectivity index (χ2v) is 7.42. The largest absolute Gasteiger partial charge is 0.489 e. The van der Waals surface area contributed by atoms with Crippen molar-refractivity contribution in [3.05, 3.63) is 18.2 Å². The van der Waals surface area contributed by atoms with Crippen LogP contribution in [0.3, 0.4) is 0 Å². The highest BCUT2D eigenvalue weighted by Crippen LogP contribution is 2.32. The summed E-state index contributed by atoms with van der Waals surface area (Å²) in [5.41, 5.74) is 7.72. The van der Waals surface area contributed by atoms with Gasteiger partial charge in [0.2, 0.25) is 0 Å². The number of nitrogens with one attached hydrogen (secondary N) is 1. The second kappa shape index (κ2) is 10.7. The molecule has 3 rings (SSSR count). The van der Waals surface area contributed by atoms with Crippen molar-refractivity contribution in [1.82, 2.24) is 15.1 Å². The molecule has 1 fully saturated rings. The van der Waals surface area contributed by atoms with Gasteiger partial charge in [0.05, 0.1) is 18.8 Å². The van der Waals surface area contributed by atoms with Crippen LogP contribution in [0.1, 0.15) is 6.42 Å². The van der Waals surface area contributed by atoms with Crippen LogP contribution in [-0.2, 0) is 4.74 Å². The molecular weight excluding hydrogens is 342 g/mol. The Morgan fingerprint density at radius 2 is 1.93 bits per heavy atom. The molecule has 1 saturated heterocycles. The summed E-state index contributed by atoms with van der Waals surface area (Å²) in [7, 11) is 2.20. The molecule has 2 heterocycles. The van der Waals surface area contributed by atoms with Crippen molar-refractivity contribution >= 4 is 11.4 Å². The van der Waals surface area contributed by atoms with Crippen molar-refractivity contribution in [1.29, 1.82) is 0 Å². The lowest BCUT2D eigenvalue weighted by Gasteiger charge is -2.32. The molecule has 1 aromatic rings. The van der Waals surface area contributed by atoms with Gasteiger partial charge < -0.3 is 35.2 Å². The predicted molar refractivity (Wildman–Crippen MR) is 111 cm³/mol. The van der Waals surface area contributed by atoms with Crippen LogP contribution in [0.25, 0.3) is 0 Å². The summed E-state index contributed by atoms with van der Waals surface area (Å²) in [6.07, 6.45) is 1.12. The maximum Gasteiger partial charge on any atom is 0.144 e. The monoisotopic (exact) mass is 377 g/mol. The van der Waals surface area contributed by atoms with E-state index >= 15 is 0 Å². The van der Waals surface area contributed by atoms with Crippen LogP contribution in [0.4, 0.5) is 11.4 Å². The van der Waals surface area contributed by atoms with E-state index in [0.717, 1.165) is 69.5 Å². The standard InChI is InChI=1S/C20H35N5O2/c1-23-9-11-24(12-10-23)7-2-14-26-15-6-22-5-8-25-13-16-27-20-17-18(21)3-4-19(20)25/h3-4,17,22H,2,5-16,21H2,1H3. The van der Waals surface area contributed by atoms with Gasteiger partial charge in [0.1, 0.15) is 12.4 Å². The van der Waals surface area contributed by atoms with Crippen LogP contribution in [0.2, 0.25) is 0 Å². The zero-order chi connectivity index (χ0) is 18.9. The van der Waals surface area contributed by atoms with E-state index in [9.17, 15) is 0 Å². The molecular formula is C20H35N5O2. The number of hydrogen-bond donors (Lipinski definition) is 2. The SMILES string of the molecule is CN1CCN(CCCOCCNCCN2CCOc3cc(N)ccc32)CC1. The minimum absolute atomic E-state index is 0.715. The number of nitrogens with zero attached hydrogens (tertiary/aromatic N) is 3. The summed E-state index contributed by atoms with van der Waals surface area (Å²) < 4.78 is 11.5. The fourth-order valence-electron chi connectivity index (χ4n) is 3.57. The number of likely N-dealkylation sites (N-methyl/N-ethyl adjacent to an activating group) is 1. The van der Waals surface area contributed by atoms with Crippen molar-refractivity contribution in [2.24, 2.45) is 0 Å². The molecule has 152 valence electrons. The molecule has 0 amide bonds. The van der Waals surface area contributed by atoms with Crippen molar-refractivity contribution in [2.45, 2.75) is 6.42 Å². The summed E-state index contributed by atoms with van der Waals surface area (Å²) >= 11 is 0. The van der Waals surface area contributed by atoms with Crippen molar-refractivity contribution in [3.63, 3.8) is 0 Å². The summed E-state index contributed by atoms with van der Waals surface area (Å²) in [5, 5.41) is 3.47. The Morgan fingerprint density at radius 1 is 1.07 bits per heavy atom. The minimum atomic E-state index is 0.715. The van der Waals surface area contributed by atoms with Gasteiger partial charge in [-0.25, -0.2) is 0 Å². The van der Waals surface area contributed by atoms with Gasteiger partial charge in [-0.3, -0.25) is 0 Å². The van der Waals surface area contributed by atoms with E-state index in [1.54, 1.807) is 0 Å². The normalized spacial score (nSPS) is 18.3.